The number of carbonyl (C=O) groups is 13. The van der Waals surface area contributed by atoms with E-state index in [0.717, 1.165) is 0 Å². The molecule has 520 valence electrons. The molecule has 2 heterocycles. The highest BCUT2D eigenvalue weighted by molar-refractivity contribution is 7.80. The highest BCUT2D eigenvalue weighted by atomic mass is 32.1. The molecule has 4 rings (SSSR count). The highest BCUT2D eigenvalue weighted by Crippen LogP contribution is 2.27. The van der Waals surface area contributed by atoms with Crippen molar-refractivity contribution in [2.24, 2.45) is 40.7 Å². The van der Waals surface area contributed by atoms with Gasteiger partial charge in [0.15, 0.2) is 0 Å². The molecule has 29 nitrogen and oxygen atoms in total. The van der Waals surface area contributed by atoms with Gasteiger partial charge in [-0.3, -0.25) is 57.5 Å². The lowest BCUT2D eigenvalue weighted by Gasteiger charge is -2.34. The summed E-state index contributed by atoms with van der Waals surface area (Å²) in [5.74, 6) is -10.1. The second-order valence-corrected chi connectivity index (χ2v) is 25.5. The summed E-state index contributed by atoms with van der Waals surface area (Å²) >= 11 is 8.35. The molecule has 94 heavy (non-hydrogen) atoms. The molecule has 0 saturated carbocycles. The second-order valence-electron chi connectivity index (χ2n) is 24.8. The zero-order valence-corrected chi connectivity index (χ0v) is 56.1. The van der Waals surface area contributed by atoms with Crippen LogP contribution in [0.5, 0.6) is 5.75 Å². The Bertz CT molecular complexity index is 2950. The first-order valence-electron chi connectivity index (χ1n) is 31.9. The van der Waals surface area contributed by atoms with Gasteiger partial charge in [0.05, 0.1) is 6.04 Å². The van der Waals surface area contributed by atoms with Gasteiger partial charge in [-0.15, -0.1) is 0 Å². The van der Waals surface area contributed by atoms with E-state index in [4.69, 9.17) is 22.9 Å². The van der Waals surface area contributed by atoms with E-state index in [-0.39, 0.29) is 93.7 Å². The number of aromatic hydroxyl groups is 1. The van der Waals surface area contributed by atoms with Crippen LogP contribution in [-0.4, -0.2) is 189 Å². The molecule has 31 heteroatoms. The molecular formula is C63H97N15O14S2. The first-order valence-corrected chi connectivity index (χ1v) is 33.2. The highest BCUT2D eigenvalue weighted by Gasteiger charge is 2.45. The molecule has 2 aromatic rings. The maximum atomic E-state index is 15.2. The van der Waals surface area contributed by atoms with Crippen molar-refractivity contribution in [3.63, 3.8) is 0 Å². The van der Waals surface area contributed by atoms with Crippen LogP contribution in [0.15, 0.2) is 54.6 Å². The van der Waals surface area contributed by atoms with Gasteiger partial charge < -0.3 is 85.7 Å². The average molecular weight is 1350 g/mol. The molecule has 2 aliphatic heterocycles. The van der Waals surface area contributed by atoms with E-state index in [2.05, 4.69) is 73.1 Å². The number of nitrogens with zero attached hydrogens (tertiary/aromatic N) is 2. The van der Waals surface area contributed by atoms with Crippen LogP contribution < -0.4 is 70.8 Å². The fraction of sp³-hybridized carbons (Fsp3) is 0.603. The number of carbonyl (C=O) groups excluding carboxylic acids is 13. The standard InChI is InChI=1S/C63H97N15O14S2/c1-7-36(6)51(60(89)72-43(29-35(4)5)56(85)74-46(32-93)52(66)81)76-59(88)48-17-12-26-77(48)62(91)49-18-13-27-78(49)61(90)45(31-37-14-9-8-10-15-37)73-57(86)44(30-38-19-21-39(79)22-20-38)71-55(84)42(23-24-50(65)80)70-54(83)41(16-11-25-68-63(67)92)69-58(87)47(33-94)75-53(82)40(64)28-34(2)3/h8-10,14-15,19-22,34-36,40-49,51,79,93-94H,7,11-13,16-18,23-33,64H2,1-6H3,(H2,65,80)(H2,66,81)(H,69,87)(H,70,83)(H,71,84)(H,72,89)(H,73,86)(H,74,85)(H,75,82)(H,76,88)(H3,67,68,92)/t36-,40-,41-,42-,43-,44-,45-,46-,47-,48-,49-,51-/m0/s1. The van der Waals surface area contributed by atoms with Crippen LogP contribution in [0, 0.1) is 17.8 Å². The number of phenols is 1. The Morgan fingerprint density at radius 2 is 1.04 bits per heavy atom. The summed E-state index contributed by atoms with van der Waals surface area (Å²) in [5, 5.41) is 33.9. The Kier molecular flexibility index (Phi) is 32.4. The number of nitrogens with two attached hydrogens (primary N) is 4. The third kappa shape index (κ3) is 24.9. The Balaban J connectivity index is 1.65. The van der Waals surface area contributed by atoms with Gasteiger partial charge in [0.25, 0.3) is 0 Å². The third-order valence-electron chi connectivity index (χ3n) is 16.3. The summed E-state index contributed by atoms with van der Waals surface area (Å²) in [6.45, 7) is 11.1. The number of thiol groups is 2. The van der Waals surface area contributed by atoms with Crippen LogP contribution in [-0.2, 0) is 70.4 Å². The number of hydrogen-bond acceptors (Lipinski definition) is 17. The lowest BCUT2D eigenvalue weighted by molar-refractivity contribution is -0.148. The number of phenolic OH excluding ortho intramolecular Hbond substituents is 1. The van der Waals surface area contributed by atoms with E-state index in [0.29, 0.717) is 36.8 Å². The van der Waals surface area contributed by atoms with Gasteiger partial charge >= 0.3 is 6.03 Å². The fourth-order valence-corrected chi connectivity index (χ4v) is 11.6. The monoisotopic (exact) mass is 1350 g/mol. The van der Waals surface area contributed by atoms with E-state index in [1.54, 1.807) is 37.3 Å². The number of rotatable bonds is 38. The lowest BCUT2D eigenvalue weighted by atomic mass is 9.96. The summed E-state index contributed by atoms with van der Waals surface area (Å²) in [7, 11) is 0. The van der Waals surface area contributed by atoms with Crippen molar-refractivity contribution in [3.05, 3.63) is 65.7 Å². The maximum absolute atomic E-state index is 15.2. The van der Waals surface area contributed by atoms with Crippen molar-refractivity contribution >= 4 is 102 Å². The summed E-state index contributed by atoms with van der Waals surface area (Å²) in [6, 6.07) is -0.348. The minimum absolute atomic E-state index is 0.0417. The normalized spacial score (nSPS) is 17.7. The number of likely N-dealkylation sites (tertiary alicyclic amines) is 2. The third-order valence-corrected chi connectivity index (χ3v) is 17.1. The van der Waals surface area contributed by atoms with Crippen LogP contribution in [0.3, 0.4) is 0 Å². The van der Waals surface area contributed by atoms with E-state index in [1.807, 2.05) is 34.6 Å². The Morgan fingerprint density at radius 3 is 1.61 bits per heavy atom. The molecule has 0 unspecified atom stereocenters. The molecule has 2 saturated heterocycles. The van der Waals surface area contributed by atoms with Gasteiger partial charge in [0, 0.05) is 50.4 Å². The van der Waals surface area contributed by atoms with Crippen molar-refractivity contribution in [1.29, 1.82) is 0 Å². The number of amides is 14. The van der Waals surface area contributed by atoms with Crippen molar-refractivity contribution in [2.75, 3.05) is 31.1 Å². The Morgan fingerprint density at radius 1 is 0.553 bits per heavy atom. The minimum Gasteiger partial charge on any atom is -0.508 e. The van der Waals surface area contributed by atoms with Gasteiger partial charge in [-0.25, -0.2) is 4.79 Å². The predicted octanol–water partition coefficient (Wildman–Crippen LogP) is -1.44. The summed E-state index contributed by atoms with van der Waals surface area (Å²) in [4.78, 5) is 181. The SMILES string of the molecule is CC[C@H](C)[C@H](NC(=O)[C@@H]1CCCN1C(=O)[C@@H]1CCCN1C(=O)[C@H](Cc1ccccc1)NC(=O)[C@H](Cc1ccc(O)cc1)NC(=O)[C@H](CCC(N)=O)NC(=O)[C@H](CCCNC(N)=O)NC(=O)[C@H](CS)NC(=O)[C@@H](N)CC(C)C)C(=O)N[C@@H](CC(C)C)C(=O)N[C@@H](CS)C(N)=O. The van der Waals surface area contributed by atoms with Crippen LogP contribution >= 0.6 is 25.3 Å². The van der Waals surface area contributed by atoms with Crippen LogP contribution in [0.2, 0.25) is 0 Å². The maximum Gasteiger partial charge on any atom is 0.312 e. The number of primary amides is 3. The predicted molar refractivity (Wildman–Crippen MR) is 355 cm³/mol. The van der Waals surface area contributed by atoms with Crippen molar-refractivity contribution in [2.45, 2.75) is 191 Å². The van der Waals surface area contributed by atoms with Gasteiger partial charge in [-0.1, -0.05) is 90.4 Å². The number of nitrogens with one attached hydrogen (secondary N) is 9. The number of urea groups is 1. The van der Waals surface area contributed by atoms with Crippen molar-refractivity contribution < 1.29 is 67.4 Å². The van der Waals surface area contributed by atoms with E-state index < -0.39 is 162 Å². The summed E-state index contributed by atoms with van der Waals surface area (Å²) < 4.78 is 0. The Hall–Kier alpha value is -8.19. The molecule has 2 aliphatic rings. The van der Waals surface area contributed by atoms with Gasteiger partial charge in [-0.05, 0) is 98.8 Å². The molecular weight excluding hydrogens is 1250 g/mol. The van der Waals surface area contributed by atoms with Crippen LogP contribution in [0.1, 0.15) is 123 Å². The van der Waals surface area contributed by atoms with Crippen LogP contribution in [0.4, 0.5) is 4.79 Å². The largest absolute Gasteiger partial charge is 0.508 e. The first kappa shape index (κ1) is 78.3. The molecule has 18 N–H and O–H groups in total. The van der Waals surface area contributed by atoms with Gasteiger partial charge in [0.1, 0.15) is 66.2 Å². The number of benzene rings is 2. The van der Waals surface area contributed by atoms with E-state index in [1.165, 1.54) is 34.1 Å². The van der Waals surface area contributed by atoms with Crippen molar-refractivity contribution in [3.8, 4) is 5.75 Å². The molecule has 12 atom stereocenters. The molecule has 0 radical (unpaired) electrons. The van der Waals surface area contributed by atoms with Gasteiger partial charge in [0.2, 0.25) is 70.9 Å². The van der Waals surface area contributed by atoms with E-state index >= 15 is 9.59 Å². The molecule has 2 aromatic carbocycles. The topological polar surface area (TPSA) is 461 Å². The molecule has 0 aliphatic carbocycles. The molecule has 0 bridgehead atoms. The van der Waals surface area contributed by atoms with Crippen molar-refractivity contribution in [1.82, 2.24) is 57.7 Å². The van der Waals surface area contributed by atoms with Gasteiger partial charge in [-0.2, -0.15) is 25.3 Å². The zero-order valence-electron chi connectivity index (χ0n) is 54.4. The molecule has 14 amide bonds. The first-order chi connectivity index (χ1) is 44.5. The second kappa shape index (κ2) is 38.9. The minimum atomic E-state index is -1.62. The quantitative estimate of drug-likeness (QED) is 0.0271. The smallest absolute Gasteiger partial charge is 0.312 e. The molecule has 2 fully saturated rings. The van der Waals surface area contributed by atoms with Crippen LogP contribution in [0.25, 0.3) is 0 Å². The molecule has 0 aromatic heterocycles. The lowest BCUT2D eigenvalue weighted by Crippen LogP contribution is -2.61. The Labute approximate surface area is 559 Å². The van der Waals surface area contributed by atoms with E-state index in [9.17, 15) is 57.8 Å². The average Bonchev–Trinajstić information content (AvgIpc) is 1.61. The fourth-order valence-electron chi connectivity index (χ4n) is 11.0. The summed E-state index contributed by atoms with van der Waals surface area (Å²) in [6.07, 6.45) is 0.719. The molecule has 0 spiro atoms. The zero-order chi connectivity index (χ0) is 69.9. The number of hydrogen-bond donors (Lipinski definition) is 16. The summed E-state index contributed by atoms with van der Waals surface area (Å²) in [5.41, 5.74) is 23.3.